The Morgan fingerprint density at radius 2 is 2.11 bits per heavy atom. The summed E-state index contributed by atoms with van der Waals surface area (Å²) in [6, 6.07) is 9.64. The molecule has 1 aromatic carbocycles. The number of piperidine rings is 1. The molecule has 3 rings (SSSR count). The van der Waals surface area contributed by atoms with Crippen molar-refractivity contribution in [1.82, 2.24) is 9.88 Å². The molecule has 1 fully saturated rings. The number of pyridine rings is 1. The van der Waals surface area contributed by atoms with Gasteiger partial charge < -0.3 is 14.6 Å². The van der Waals surface area contributed by atoms with Crippen LogP contribution in [0.25, 0.3) is 0 Å². The number of methoxy groups -OCH3 is 2. The van der Waals surface area contributed by atoms with Crippen molar-refractivity contribution in [1.29, 1.82) is 0 Å². The van der Waals surface area contributed by atoms with E-state index in [2.05, 4.69) is 17.9 Å². The molecule has 1 saturated heterocycles. The number of hydrogen-bond acceptors (Lipinski definition) is 5. The molecule has 0 aliphatic carbocycles. The van der Waals surface area contributed by atoms with Crippen molar-refractivity contribution in [2.24, 2.45) is 5.92 Å². The molecule has 0 spiro atoms. The van der Waals surface area contributed by atoms with E-state index in [0.717, 1.165) is 42.1 Å². The Balaban J connectivity index is 2.07. The summed E-state index contributed by atoms with van der Waals surface area (Å²) in [4.78, 5) is 18.5. The third kappa shape index (κ3) is 4.28. The van der Waals surface area contributed by atoms with Crippen molar-refractivity contribution in [3.05, 3.63) is 53.3 Å². The van der Waals surface area contributed by atoms with Crippen LogP contribution in [0.5, 0.6) is 11.5 Å². The van der Waals surface area contributed by atoms with Crippen molar-refractivity contribution >= 4 is 5.97 Å². The number of carbonyl (C=O) groups is 1. The minimum absolute atomic E-state index is 0.196. The van der Waals surface area contributed by atoms with E-state index in [0.29, 0.717) is 13.0 Å². The predicted molar refractivity (Wildman–Crippen MR) is 107 cm³/mol. The van der Waals surface area contributed by atoms with Gasteiger partial charge in [0.1, 0.15) is 11.5 Å². The van der Waals surface area contributed by atoms with Crippen LogP contribution in [0.15, 0.2) is 36.5 Å². The van der Waals surface area contributed by atoms with Crippen molar-refractivity contribution in [2.45, 2.75) is 32.2 Å². The van der Waals surface area contributed by atoms with Crippen LogP contribution < -0.4 is 9.47 Å². The Labute approximate surface area is 166 Å². The molecule has 2 heterocycles. The average molecular weight is 384 g/mol. The first-order valence-electron chi connectivity index (χ1n) is 9.71. The monoisotopic (exact) mass is 384 g/mol. The Hall–Kier alpha value is -2.60. The lowest BCUT2D eigenvalue weighted by Gasteiger charge is -2.37. The number of likely N-dealkylation sites (tertiary alicyclic amines) is 1. The first-order valence-corrected chi connectivity index (χ1v) is 9.71. The van der Waals surface area contributed by atoms with Gasteiger partial charge in [0.05, 0.1) is 31.9 Å². The van der Waals surface area contributed by atoms with Crippen LogP contribution in [0, 0.1) is 5.92 Å². The van der Waals surface area contributed by atoms with E-state index >= 15 is 0 Å². The van der Waals surface area contributed by atoms with Crippen molar-refractivity contribution < 1.29 is 19.4 Å². The zero-order valence-corrected chi connectivity index (χ0v) is 16.7. The summed E-state index contributed by atoms with van der Waals surface area (Å²) < 4.78 is 11.1. The van der Waals surface area contributed by atoms with Gasteiger partial charge in [-0.25, -0.2) is 0 Å². The molecule has 6 heteroatoms. The van der Waals surface area contributed by atoms with E-state index in [1.165, 1.54) is 5.56 Å². The zero-order chi connectivity index (χ0) is 20.1. The minimum Gasteiger partial charge on any atom is -0.497 e. The number of carboxylic acids is 1. The van der Waals surface area contributed by atoms with Gasteiger partial charge in [-0.2, -0.15) is 0 Å². The molecule has 2 unspecified atom stereocenters. The number of ether oxygens (including phenoxy) is 2. The molecule has 0 bridgehead atoms. The van der Waals surface area contributed by atoms with Gasteiger partial charge in [-0.1, -0.05) is 13.0 Å². The number of hydrogen-bond donors (Lipinski definition) is 1. The molecule has 2 atom stereocenters. The summed E-state index contributed by atoms with van der Waals surface area (Å²) in [6.07, 6.45) is 4.36. The zero-order valence-electron chi connectivity index (χ0n) is 16.7. The molecule has 2 aromatic rings. The lowest BCUT2D eigenvalue weighted by molar-refractivity contribution is -0.143. The second-order valence-corrected chi connectivity index (χ2v) is 7.13. The fourth-order valence-corrected chi connectivity index (χ4v) is 3.85. The van der Waals surface area contributed by atoms with Gasteiger partial charge >= 0.3 is 5.97 Å². The maximum Gasteiger partial charge on any atom is 0.307 e. The molecular weight excluding hydrogens is 356 g/mol. The van der Waals surface area contributed by atoms with E-state index in [4.69, 9.17) is 14.5 Å². The molecule has 1 aliphatic heterocycles. The number of rotatable bonds is 7. The summed E-state index contributed by atoms with van der Waals surface area (Å²) >= 11 is 0. The predicted octanol–water partition coefficient (Wildman–Crippen LogP) is 3.55. The summed E-state index contributed by atoms with van der Waals surface area (Å²) in [5.41, 5.74) is 2.99. The molecule has 1 N–H and O–H groups in total. The van der Waals surface area contributed by atoms with Crippen molar-refractivity contribution in [3.63, 3.8) is 0 Å². The lowest BCUT2D eigenvalue weighted by Crippen LogP contribution is -2.41. The van der Waals surface area contributed by atoms with Crippen LogP contribution in [0.1, 0.15) is 42.6 Å². The summed E-state index contributed by atoms with van der Waals surface area (Å²) in [5.74, 6) is 0.362. The second kappa shape index (κ2) is 9.06. The molecular formula is C22H28N2O4. The topological polar surface area (TPSA) is 71.9 Å². The number of aromatic nitrogens is 1. The highest BCUT2D eigenvalue weighted by Gasteiger charge is 2.33. The number of aliphatic carboxylic acids is 1. The Morgan fingerprint density at radius 3 is 2.71 bits per heavy atom. The maximum atomic E-state index is 11.6. The smallest absolute Gasteiger partial charge is 0.307 e. The van der Waals surface area contributed by atoms with Gasteiger partial charge in [0.15, 0.2) is 0 Å². The van der Waals surface area contributed by atoms with Gasteiger partial charge in [-0.05, 0) is 55.6 Å². The van der Waals surface area contributed by atoms with Crippen LogP contribution in [0.2, 0.25) is 0 Å². The summed E-state index contributed by atoms with van der Waals surface area (Å²) in [5, 5.41) is 9.54. The molecule has 1 aliphatic rings. The van der Waals surface area contributed by atoms with Gasteiger partial charge in [-0.3, -0.25) is 14.7 Å². The van der Waals surface area contributed by atoms with Crippen LogP contribution >= 0.6 is 0 Å². The maximum absolute atomic E-state index is 11.6. The largest absolute Gasteiger partial charge is 0.497 e. The molecule has 1 aromatic heterocycles. The minimum atomic E-state index is -0.740. The van der Waals surface area contributed by atoms with E-state index in [1.807, 2.05) is 30.5 Å². The standard InChI is InChI=1S/C22H28N2O4/c1-4-15-7-9-19(23-13-15)21(24-11-5-6-16(14-24)22(25)26)18-12-17(27-2)8-10-20(18)28-3/h7-10,12-13,16,21H,4-6,11,14H2,1-3H3,(H,25,26). The Morgan fingerprint density at radius 1 is 1.29 bits per heavy atom. The van der Waals surface area contributed by atoms with Gasteiger partial charge in [0.25, 0.3) is 0 Å². The third-order valence-corrected chi connectivity index (χ3v) is 5.43. The fourth-order valence-electron chi connectivity index (χ4n) is 3.85. The van der Waals surface area contributed by atoms with Crippen molar-refractivity contribution in [3.8, 4) is 11.5 Å². The molecule has 0 radical (unpaired) electrons. The molecule has 150 valence electrons. The van der Waals surface area contributed by atoms with Gasteiger partial charge in [-0.15, -0.1) is 0 Å². The summed E-state index contributed by atoms with van der Waals surface area (Å²) in [6.45, 7) is 3.39. The van der Waals surface area contributed by atoms with Crippen LogP contribution in [0.3, 0.4) is 0 Å². The number of aryl methyl sites for hydroxylation is 1. The highest BCUT2D eigenvalue weighted by Crippen LogP contribution is 2.38. The lowest BCUT2D eigenvalue weighted by atomic mass is 9.92. The van der Waals surface area contributed by atoms with E-state index in [9.17, 15) is 9.90 Å². The molecule has 28 heavy (non-hydrogen) atoms. The first-order chi connectivity index (χ1) is 13.6. The van der Waals surface area contributed by atoms with Gasteiger partial charge in [0.2, 0.25) is 0 Å². The molecule has 0 amide bonds. The average Bonchev–Trinajstić information content (AvgIpc) is 2.74. The van der Waals surface area contributed by atoms with E-state index in [1.54, 1.807) is 14.2 Å². The van der Waals surface area contributed by atoms with Crippen LogP contribution in [-0.2, 0) is 11.2 Å². The van der Waals surface area contributed by atoms with Crippen LogP contribution in [-0.4, -0.2) is 48.3 Å². The highest BCUT2D eigenvalue weighted by atomic mass is 16.5. The second-order valence-electron chi connectivity index (χ2n) is 7.13. The number of nitrogens with zero attached hydrogens (tertiary/aromatic N) is 2. The van der Waals surface area contributed by atoms with Crippen LogP contribution in [0.4, 0.5) is 0 Å². The van der Waals surface area contributed by atoms with Gasteiger partial charge in [0, 0.05) is 18.3 Å². The third-order valence-electron chi connectivity index (χ3n) is 5.43. The van der Waals surface area contributed by atoms with E-state index in [-0.39, 0.29) is 12.0 Å². The Bertz CT molecular complexity index is 807. The normalized spacial score (nSPS) is 18.5. The first kappa shape index (κ1) is 20.1. The number of carboxylic acid groups (broad SMARTS) is 1. The fraction of sp³-hybridized carbons (Fsp3) is 0.455. The quantitative estimate of drug-likeness (QED) is 0.787. The Kier molecular flexibility index (Phi) is 6.52. The van der Waals surface area contributed by atoms with E-state index < -0.39 is 5.97 Å². The van der Waals surface area contributed by atoms with Crippen molar-refractivity contribution in [2.75, 3.05) is 27.3 Å². The number of benzene rings is 1. The highest BCUT2D eigenvalue weighted by molar-refractivity contribution is 5.70. The summed E-state index contributed by atoms with van der Waals surface area (Å²) in [7, 11) is 3.28. The SMILES string of the molecule is CCc1ccc(C(c2cc(OC)ccc2OC)N2CCCC(C(=O)O)C2)nc1. The molecule has 0 saturated carbocycles. The molecule has 6 nitrogen and oxygen atoms in total.